The third-order valence-corrected chi connectivity index (χ3v) is 5.92. The summed E-state index contributed by atoms with van der Waals surface area (Å²) < 4.78 is 36.3. The van der Waals surface area contributed by atoms with Crippen molar-refractivity contribution in [1.29, 1.82) is 0 Å². The molecule has 0 fully saturated rings. The molecule has 158 valence electrons. The first kappa shape index (κ1) is 21.4. The Morgan fingerprint density at radius 2 is 1.70 bits per heavy atom. The van der Waals surface area contributed by atoms with E-state index in [0.29, 0.717) is 27.9 Å². The summed E-state index contributed by atoms with van der Waals surface area (Å²) >= 11 is 0. The maximum Gasteiger partial charge on any atom is 0.340 e. The van der Waals surface area contributed by atoms with Crippen LogP contribution in [0.1, 0.15) is 22.1 Å². The van der Waals surface area contributed by atoms with Crippen LogP contribution in [0.15, 0.2) is 54.7 Å². The van der Waals surface area contributed by atoms with E-state index in [4.69, 9.17) is 9.47 Å². The Hall–Kier alpha value is -3.33. The lowest BCUT2D eigenvalue weighted by atomic mass is 10.2. The smallest absolute Gasteiger partial charge is 0.340 e. The summed E-state index contributed by atoms with van der Waals surface area (Å²) in [5.41, 5.74) is 1.34. The second-order valence-corrected chi connectivity index (χ2v) is 8.76. The second-order valence-electron chi connectivity index (χ2n) is 6.74. The summed E-state index contributed by atoms with van der Waals surface area (Å²) in [4.78, 5) is 25.0. The van der Waals surface area contributed by atoms with Crippen LogP contribution >= 0.6 is 0 Å². The lowest BCUT2D eigenvalue weighted by Gasteiger charge is -2.18. The first-order valence-electron chi connectivity index (χ1n) is 9.06. The number of ether oxygens (including phenoxy) is 2. The topological polar surface area (TPSA) is 94.9 Å². The molecule has 1 unspecified atom stereocenters. The molecule has 0 bridgehead atoms. The minimum absolute atomic E-state index is 0.293. The van der Waals surface area contributed by atoms with Gasteiger partial charge in [0.1, 0.15) is 5.75 Å². The summed E-state index contributed by atoms with van der Waals surface area (Å²) in [7, 11) is -0.635. The largest absolute Gasteiger partial charge is 0.481 e. The van der Waals surface area contributed by atoms with Crippen LogP contribution in [0.2, 0.25) is 0 Å². The van der Waals surface area contributed by atoms with Crippen molar-refractivity contribution < 1.29 is 27.5 Å². The molecule has 0 N–H and O–H groups in total. The predicted octanol–water partition coefficient (Wildman–Crippen LogP) is 2.93. The van der Waals surface area contributed by atoms with Crippen molar-refractivity contribution in [2.75, 3.05) is 24.7 Å². The van der Waals surface area contributed by atoms with E-state index in [-0.39, 0.29) is 5.91 Å². The number of hydrogen-bond acceptors (Lipinski definition) is 6. The number of aromatic nitrogens is 1. The van der Waals surface area contributed by atoms with Crippen molar-refractivity contribution in [2.45, 2.75) is 13.0 Å². The number of esters is 1. The Bertz CT molecular complexity index is 1200. The normalized spacial score (nSPS) is 12.4. The average molecular weight is 430 g/mol. The number of nitrogens with zero attached hydrogens (tertiary/aromatic N) is 2. The highest BCUT2D eigenvalue weighted by molar-refractivity contribution is 7.92. The van der Waals surface area contributed by atoms with E-state index in [1.165, 1.54) is 24.9 Å². The highest BCUT2D eigenvalue weighted by Gasteiger charge is 2.23. The van der Waals surface area contributed by atoms with Gasteiger partial charge in [-0.15, -0.1) is 0 Å². The number of carbonyl (C=O) groups excluding carboxylic acids is 2. The van der Waals surface area contributed by atoms with E-state index < -0.39 is 22.1 Å². The molecule has 30 heavy (non-hydrogen) atoms. The molecular weight excluding hydrogens is 408 g/mol. The molecule has 1 heterocycles. The van der Waals surface area contributed by atoms with Gasteiger partial charge in [0.2, 0.25) is 10.0 Å². The number of para-hydroxylation sites is 1. The molecule has 0 saturated heterocycles. The zero-order valence-corrected chi connectivity index (χ0v) is 17.8. The molecule has 0 aliphatic heterocycles. The standard InChI is InChI=1S/C21H22N2O6S/c1-14(29-16-11-9-15(10-12-16)22(2)30(4,26)27)20(24)23-13-18(21(25)28-3)17-7-5-6-8-19(17)23/h5-14H,1-4H3. The van der Waals surface area contributed by atoms with Gasteiger partial charge in [-0.3, -0.25) is 13.7 Å². The Balaban J connectivity index is 1.84. The first-order valence-corrected chi connectivity index (χ1v) is 10.9. The van der Waals surface area contributed by atoms with E-state index in [1.807, 2.05) is 0 Å². The average Bonchev–Trinajstić information content (AvgIpc) is 3.11. The second kappa shape index (κ2) is 8.19. The molecule has 1 atom stereocenters. The molecule has 2 aromatic carbocycles. The molecule has 3 aromatic rings. The fourth-order valence-electron chi connectivity index (χ4n) is 3.01. The third-order valence-electron chi connectivity index (χ3n) is 4.71. The van der Waals surface area contributed by atoms with Crippen molar-refractivity contribution in [2.24, 2.45) is 0 Å². The molecule has 0 spiro atoms. The number of rotatable bonds is 6. The van der Waals surface area contributed by atoms with Crippen molar-refractivity contribution in [1.82, 2.24) is 4.57 Å². The lowest BCUT2D eigenvalue weighted by molar-refractivity contribution is 0.0602. The fourth-order valence-corrected chi connectivity index (χ4v) is 3.52. The van der Waals surface area contributed by atoms with Crippen LogP contribution in [-0.2, 0) is 14.8 Å². The Morgan fingerprint density at radius 3 is 2.30 bits per heavy atom. The zero-order chi connectivity index (χ0) is 22.1. The Labute approximate surface area is 174 Å². The molecule has 0 saturated carbocycles. The highest BCUT2D eigenvalue weighted by atomic mass is 32.2. The summed E-state index contributed by atoms with van der Waals surface area (Å²) in [6.07, 6.45) is 1.70. The van der Waals surface area contributed by atoms with Gasteiger partial charge < -0.3 is 9.47 Å². The van der Waals surface area contributed by atoms with E-state index >= 15 is 0 Å². The van der Waals surface area contributed by atoms with Crippen LogP contribution in [0.4, 0.5) is 5.69 Å². The number of anilines is 1. The van der Waals surface area contributed by atoms with Gasteiger partial charge in [-0.25, -0.2) is 13.2 Å². The van der Waals surface area contributed by atoms with Gasteiger partial charge in [-0.2, -0.15) is 0 Å². The highest BCUT2D eigenvalue weighted by Crippen LogP contribution is 2.24. The molecule has 0 aliphatic carbocycles. The molecule has 1 aromatic heterocycles. The maximum atomic E-state index is 13.0. The van der Waals surface area contributed by atoms with Gasteiger partial charge in [0.25, 0.3) is 5.91 Å². The summed E-state index contributed by atoms with van der Waals surface area (Å²) in [6.45, 7) is 1.60. The van der Waals surface area contributed by atoms with Crippen LogP contribution in [0.5, 0.6) is 5.75 Å². The Kier molecular flexibility index (Phi) is 5.84. The van der Waals surface area contributed by atoms with Crippen molar-refractivity contribution in [3.8, 4) is 5.75 Å². The van der Waals surface area contributed by atoms with Gasteiger partial charge in [-0.1, -0.05) is 18.2 Å². The number of benzene rings is 2. The summed E-state index contributed by atoms with van der Waals surface area (Å²) in [5, 5.41) is 0.609. The molecule has 0 radical (unpaired) electrons. The predicted molar refractivity (Wildman–Crippen MR) is 114 cm³/mol. The minimum Gasteiger partial charge on any atom is -0.481 e. The molecule has 3 rings (SSSR count). The molecule has 0 amide bonds. The molecule has 9 heteroatoms. The van der Waals surface area contributed by atoms with Crippen LogP contribution in [0.3, 0.4) is 0 Å². The van der Waals surface area contributed by atoms with Crippen LogP contribution in [0.25, 0.3) is 10.9 Å². The van der Waals surface area contributed by atoms with Crippen LogP contribution in [0, 0.1) is 0 Å². The monoisotopic (exact) mass is 430 g/mol. The van der Waals surface area contributed by atoms with Crippen molar-refractivity contribution in [3.05, 3.63) is 60.3 Å². The Morgan fingerprint density at radius 1 is 1.07 bits per heavy atom. The lowest BCUT2D eigenvalue weighted by Crippen LogP contribution is -2.29. The van der Waals surface area contributed by atoms with Gasteiger partial charge in [0.15, 0.2) is 6.10 Å². The number of fused-ring (bicyclic) bond motifs is 1. The van der Waals surface area contributed by atoms with Gasteiger partial charge >= 0.3 is 5.97 Å². The minimum atomic E-state index is -3.37. The third kappa shape index (κ3) is 4.16. The molecule has 0 aliphatic rings. The SMILES string of the molecule is COC(=O)c1cn(C(=O)C(C)Oc2ccc(N(C)S(C)(=O)=O)cc2)c2ccccc12. The maximum absolute atomic E-state index is 13.0. The number of hydrogen-bond donors (Lipinski definition) is 0. The fraction of sp³-hybridized carbons (Fsp3) is 0.238. The summed E-state index contributed by atoms with van der Waals surface area (Å²) in [6, 6.07) is 13.4. The first-order chi connectivity index (χ1) is 14.1. The number of sulfonamides is 1. The quantitative estimate of drug-likeness (QED) is 0.558. The zero-order valence-electron chi connectivity index (χ0n) is 17.0. The number of methoxy groups -OCH3 is 1. The van der Waals surface area contributed by atoms with Gasteiger partial charge in [-0.05, 0) is 37.3 Å². The van der Waals surface area contributed by atoms with Crippen molar-refractivity contribution in [3.63, 3.8) is 0 Å². The number of carbonyl (C=O) groups is 2. The van der Waals surface area contributed by atoms with Crippen LogP contribution in [-0.4, -0.2) is 51.4 Å². The van der Waals surface area contributed by atoms with Gasteiger partial charge in [0.05, 0.1) is 30.1 Å². The van der Waals surface area contributed by atoms with Crippen LogP contribution < -0.4 is 9.04 Å². The van der Waals surface area contributed by atoms with E-state index in [9.17, 15) is 18.0 Å². The molecular formula is C21H22N2O6S. The summed E-state index contributed by atoms with van der Waals surface area (Å²) in [5.74, 6) is -0.484. The van der Waals surface area contributed by atoms with E-state index in [0.717, 1.165) is 10.6 Å². The molecule has 8 nitrogen and oxygen atoms in total. The van der Waals surface area contributed by atoms with Gasteiger partial charge in [0, 0.05) is 18.6 Å². The van der Waals surface area contributed by atoms with E-state index in [1.54, 1.807) is 55.5 Å². The van der Waals surface area contributed by atoms with Crippen molar-refractivity contribution >= 4 is 38.5 Å². The van der Waals surface area contributed by atoms with E-state index in [2.05, 4.69) is 0 Å².